The van der Waals surface area contributed by atoms with E-state index in [9.17, 15) is 4.79 Å². The van der Waals surface area contributed by atoms with E-state index >= 15 is 0 Å². The first-order valence-corrected chi connectivity index (χ1v) is 5.57. The van der Waals surface area contributed by atoms with E-state index in [4.69, 9.17) is 5.11 Å². The van der Waals surface area contributed by atoms with Crippen LogP contribution in [0.3, 0.4) is 0 Å². The van der Waals surface area contributed by atoms with E-state index in [-0.39, 0.29) is 5.56 Å². The largest absolute Gasteiger partial charge is 0.478 e. The molecule has 0 unspecified atom stereocenters. The lowest BCUT2D eigenvalue weighted by Crippen LogP contribution is -2.09. The van der Waals surface area contributed by atoms with Crippen LogP contribution >= 0.6 is 0 Å². The average molecular weight is 243 g/mol. The number of anilines is 1. The summed E-state index contributed by atoms with van der Waals surface area (Å²) < 4.78 is 0. The van der Waals surface area contributed by atoms with E-state index in [2.05, 4.69) is 15.3 Å². The first-order chi connectivity index (χ1) is 8.77. The Morgan fingerprint density at radius 2 is 2.06 bits per heavy atom. The van der Waals surface area contributed by atoms with Gasteiger partial charge in [0.1, 0.15) is 0 Å². The second-order valence-corrected chi connectivity index (χ2v) is 3.76. The molecule has 5 heteroatoms. The maximum Gasteiger partial charge on any atom is 0.337 e. The molecule has 0 amide bonds. The van der Waals surface area contributed by atoms with Gasteiger partial charge in [-0.3, -0.25) is 9.97 Å². The third-order valence-corrected chi connectivity index (χ3v) is 2.50. The van der Waals surface area contributed by atoms with Gasteiger partial charge in [0, 0.05) is 25.1 Å². The summed E-state index contributed by atoms with van der Waals surface area (Å²) in [4.78, 5) is 18.9. The molecule has 0 aliphatic carbocycles. The molecule has 2 aromatic rings. The number of aromatic nitrogens is 2. The van der Waals surface area contributed by atoms with Gasteiger partial charge in [0.15, 0.2) is 0 Å². The van der Waals surface area contributed by atoms with Crippen LogP contribution in [0.2, 0.25) is 0 Å². The fraction of sp³-hybridized carbons (Fsp3) is 0.154. The number of rotatable bonds is 5. The molecule has 0 aromatic carbocycles. The average Bonchev–Trinajstić information content (AvgIpc) is 2.40. The summed E-state index contributed by atoms with van der Waals surface area (Å²) in [6.07, 6.45) is 7.29. The van der Waals surface area contributed by atoms with E-state index in [1.165, 1.54) is 18.5 Å². The van der Waals surface area contributed by atoms with Crippen molar-refractivity contribution >= 4 is 11.7 Å². The van der Waals surface area contributed by atoms with E-state index < -0.39 is 5.97 Å². The Kier molecular flexibility index (Phi) is 3.86. The van der Waals surface area contributed by atoms with Crippen molar-refractivity contribution in [2.45, 2.75) is 6.42 Å². The molecule has 0 aliphatic rings. The lowest BCUT2D eigenvalue weighted by Gasteiger charge is -2.08. The van der Waals surface area contributed by atoms with Gasteiger partial charge in [-0.15, -0.1) is 0 Å². The van der Waals surface area contributed by atoms with Crippen LogP contribution in [0.4, 0.5) is 5.69 Å². The number of hydrogen-bond donors (Lipinski definition) is 2. The van der Waals surface area contributed by atoms with E-state index in [1.807, 2.05) is 12.1 Å². The van der Waals surface area contributed by atoms with Crippen LogP contribution in [0.25, 0.3) is 0 Å². The molecule has 18 heavy (non-hydrogen) atoms. The minimum atomic E-state index is -0.957. The van der Waals surface area contributed by atoms with Gasteiger partial charge in [-0.1, -0.05) is 6.07 Å². The Labute approximate surface area is 105 Å². The Morgan fingerprint density at radius 1 is 1.22 bits per heavy atom. The van der Waals surface area contributed by atoms with E-state index in [0.717, 1.165) is 12.0 Å². The highest BCUT2D eigenvalue weighted by molar-refractivity contribution is 5.93. The van der Waals surface area contributed by atoms with Crippen LogP contribution in [0.5, 0.6) is 0 Å². The number of carbonyl (C=O) groups is 1. The third kappa shape index (κ3) is 3.04. The summed E-state index contributed by atoms with van der Waals surface area (Å²) in [5, 5.41) is 12.1. The number of aromatic carboxylic acids is 1. The maximum absolute atomic E-state index is 11.0. The van der Waals surface area contributed by atoms with Gasteiger partial charge < -0.3 is 10.4 Å². The standard InChI is InChI=1S/C13H13N3O2/c17-13(18)11-4-6-15-9-12(11)16-7-3-10-2-1-5-14-8-10/h1-2,4-6,8-9,16H,3,7H2,(H,17,18). The molecular weight excluding hydrogens is 230 g/mol. The van der Waals surface area contributed by atoms with Gasteiger partial charge in [-0.05, 0) is 24.1 Å². The molecule has 2 aromatic heterocycles. The van der Waals surface area contributed by atoms with E-state index in [1.54, 1.807) is 12.4 Å². The van der Waals surface area contributed by atoms with Crippen LogP contribution in [-0.2, 0) is 6.42 Å². The number of carboxylic acid groups (broad SMARTS) is 1. The minimum absolute atomic E-state index is 0.233. The molecule has 0 saturated heterocycles. The lowest BCUT2D eigenvalue weighted by molar-refractivity contribution is 0.0698. The Morgan fingerprint density at radius 3 is 2.78 bits per heavy atom. The van der Waals surface area contributed by atoms with Crippen LogP contribution in [0.1, 0.15) is 15.9 Å². The molecule has 5 nitrogen and oxygen atoms in total. The quantitative estimate of drug-likeness (QED) is 0.838. The predicted molar refractivity (Wildman–Crippen MR) is 67.6 cm³/mol. The van der Waals surface area contributed by atoms with Crippen molar-refractivity contribution in [3.8, 4) is 0 Å². The summed E-state index contributed by atoms with van der Waals surface area (Å²) in [5.41, 5.74) is 1.87. The zero-order valence-electron chi connectivity index (χ0n) is 9.71. The molecule has 92 valence electrons. The molecule has 2 N–H and O–H groups in total. The normalized spacial score (nSPS) is 10.0. The van der Waals surface area contributed by atoms with Gasteiger partial charge in [-0.2, -0.15) is 0 Å². The Bertz CT molecular complexity index is 529. The molecule has 0 spiro atoms. The first-order valence-electron chi connectivity index (χ1n) is 5.57. The summed E-state index contributed by atoms with van der Waals surface area (Å²) in [5.74, 6) is -0.957. The topological polar surface area (TPSA) is 75.1 Å². The predicted octanol–water partition coefficient (Wildman–Crippen LogP) is 1.83. The van der Waals surface area contributed by atoms with Crippen LogP contribution in [0.15, 0.2) is 43.0 Å². The molecule has 0 atom stereocenters. The van der Waals surface area contributed by atoms with Crippen molar-refractivity contribution in [2.75, 3.05) is 11.9 Å². The third-order valence-electron chi connectivity index (χ3n) is 2.50. The molecule has 0 aliphatic heterocycles. The molecule has 2 heterocycles. The zero-order valence-corrected chi connectivity index (χ0v) is 9.71. The smallest absolute Gasteiger partial charge is 0.337 e. The van der Waals surface area contributed by atoms with Crippen molar-refractivity contribution in [3.63, 3.8) is 0 Å². The van der Waals surface area contributed by atoms with Crippen molar-refractivity contribution in [2.24, 2.45) is 0 Å². The second-order valence-electron chi connectivity index (χ2n) is 3.76. The molecule has 0 radical (unpaired) electrons. The van der Waals surface area contributed by atoms with Crippen molar-refractivity contribution in [1.29, 1.82) is 0 Å². The fourth-order valence-electron chi connectivity index (χ4n) is 1.61. The monoisotopic (exact) mass is 243 g/mol. The van der Waals surface area contributed by atoms with Gasteiger partial charge in [0.2, 0.25) is 0 Å². The van der Waals surface area contributed by atoms with Gasteiger partial charge >= 0.3 is 5.97 Å². The maximum atomic E-state index is 11.0. The van der Waals surface area contributed by atoms with Crippen molar-refractivity contribution < 1.29 is 9.90 Å². The van der Waals surface area contributed by atoms with Crippen LogP contribution in [-0.4, -0.2) is 27.6 Å². The minimum Gasteiger partial charge on any atom is -0.478 e. The van der Waals surface area contributed by atoms with E-state index in [0.29, 0.717) is 12.2 Å². The summed E-state index contributed by atoms with van der Waals surface area (Å²) in [6.45, 7) is 0.637. The first kappa shape index (κ1) is 12.0. The number of hydrogen-bond acceptors (Lipinski definition) is 4. The summed E-state index contributed by atoms with van der Waals surface area (Å²) in [6, 6.07) is 5.34. The SMILES string of the molecule is O=C(O)c1ccncc1NCCc1cccnc1. The number of nitrogens with one attached hydrogen (secondary N) is 1. The highest BCUT2D eigenvalue weighted by Crippen LogP contribution is 2.13. The fourth-order valence-corrected chi connectivity index (χ4v) is 1.61. The number of nitrogens with zero attached hydrogens (tertiary/aromatic N) is 2. The Balaban J connectivity index is 1.97. The molecule has 0 bridgehead atoms. The summed E-state index contributed by atoms with van der Waals surface area (Å²) >= 11 is 0. The highest BCUT2D eigenvalue weighted by Gasteiger charge is 2.08. The van der Waals surface area contributed by atoms with Crippen molar-refractivity contribution in [3.05, 3.63) is 54.1 Å². The molecular formula is C13H13N3O2. The van der Waals surface area contributed by atoms with Gasteiger partial charge in [0.05, 0.1) is 17.4 Å². The number of pyridine rings is 2. The highest BCUT2D eigenvalue weighted by atomic mass is 16.4. The summed E-state index contributed by atoms with van der Waals surface area (Å²) in [7, 11) is 0. The second kappa shape index (κ2) is 5.77. The Hall–Kier alpha value is -2.43. The number of carboxylic acids is 1. The molecule has 0 fully saturated rings. The van der Waals surface area contributed by atoms with Crippen LogP contribution in [0, 0.1) is 0 Å². The van der Waals surface area contributed by atoms with Crippen LogP contribution < -0.4 is 5.32 Å². The van der Waals surface area contributed by atoms with Gasteiger partial charge in [0.25, 0.3) is 0 Å². The van der Waals surface area contributed by atoms with Crippen molar-refractivity contribution in [1.82, 2.24) is 9.97 Å². The van der Waals surface area contributed by atoms with Gasteiger partial charge in [-0.25, -0.2) is 4.79 Å². The molecule has 0 saturated carbocycles. The zero-order chi connectivity index (χ0) is 12.8. The molecule has 2 rings (SSSR count). The lowest BCUT2D eigenvalue weighted by atomic mass is 10.2.